The molecule has 0 aliphatic rings. The molecular formula is C16H13BrFN7. The van der Waals surface area contributed by atoms with Crippen LogP contribution in [0.15, 0.2) is 41.1 Å². The molecule has 0 bridgehead atoms. The third-order valence-corrected chi connectivity index (χ3v) is 4.41. The van der Waals surface area contributed by atoms with Gasteiger partial charge in [0.05, 0.1) is 17.2 Å². The maximum absolute atomic E-state index is 13.3. The van der Waals surface area contributed by atoms with Gasteiger partial charge in [0.2, 0.25) is 0 Å². The molecule has 0 saturated heterocycles. The number of hydrogen-bond acceptors (Lipinski definition) is 5. The van der Waals surface area contributed by atoms with Crippen LogP contribution in [0.5, 0.6) is 0 Å². The smallest absolute Gasteiger partial charge is 0.178 e. The number of aromatic nitrogens is 6. The number of anilines is 1. The lowest BCUT2D eigenvalue weighted by molar-refractivity contribution is 0.617. The van der Waals surface area contributed by atoms with Crippen LogP contribution in [0.3, 0.4) is 0 Å². The van der Waals surface area contributed by atoms with Crippen LogP contribution in [0.4, 0.5) is 10.2 Å². The van der Waals surface area contributed by atoms with E-state index in [2.05, 4.69) is 41.4 Å². The van der Waals surface area contributed by atoms with Crippen LogP contribution in [-0.2, 0) is 13.0 Å². The Balaban J connectivity index is 1.56. The molecule has 9 heteroatoms. The van der Waals surface area contributed by atoms with Gasteiger partial charge < -0.3 is 5.73 Å². The highest BCUT2D eigenvalue weighted by Gasteiger charge is 2.10. The fourth-order valence-electron chi connectivity index (χ4n) is 2.69. The van der Waals surface area contributed by atoms with Crippen molar-refractivity contribution in [2.45, 2.75) is 13.0 Å². The first-order chi connectivity index (χ1) is 12.1. The van der Waals surface area contributed by atoms with Crippen LogP contribution in [-0.4, -0.2) is 30.2 Å². The van der Waals surface area contributed by atoms with E-state index in [0.717, 1.165) is 16.7 Å². The van der Waals surface area contributed by atoms with Gasteiger partial charge in [-0.15, -0.1) is 5.10 Å². The highest BCUT2D eigenvalue weighted by molar-refractivity contribution is 9.10. The first kappa shape index (κ1) is 15.7. The Bertz CT molecular complexity index is 1060. The van der Waals surface area contributed by atoms with Gasteiger partial charge in [-0.2, -0.15) is 5.10 Å². The van der Waals surface area contributed by atoms with Gasteiger partial charge in [0, 0.05) is 12.6 Å². The molecule has 3 heterocycles. The highest BCUT2D eigenvalue weighted by Crippen LogP contribution is 2.20. The number of aromatic amines is 1. The van der Waals surface area contributed by atoms with Crippen molar-refractivity contribution >= 4 is 32.9 Å². The minimum absolute atomic E-state index is 0.281. The van der Waals surface area contributed by atoms with E-state index in [1.807, 2.05) is 6.20 Å². The second-order valence-electron chi connectivity index (χ2n) is 5.69. The number of H-pyrrole nitrogens is 1. The number of rotatable bonds is 4. The molecule has 0 spiro atoms. The summed E-state index contributed by atoms with van der Waals surface area (Å²) in [6.07, 6.45) is 4.35. The third-order valence-electron chi connectivity index (χ3n) is 3.81. The Kier molecular flexibility index (Phi) is 3.92. The summed E-state index contributed by atoms with van der Waals surface area (Å²) >= 11 is 3.20. The van der Waals surface area contributed by atoms with Crippen molar-refractivity contribution in [2.75, 3.05) is 5.73 Å². The summed E-state index contributed by atoms with van der Waals surface area (Å²) in [7, 11) is 0. The second kappa shape index (κ2) is 6.25. The topological polar surface area (TPSA) is 98.3 Å². The van der Waals surface area contributed by atoms with E-state index in [0.29, 0.717) is 34.4 Å². The van der Waals surface area contributed by atoms with Crippen molar-refractivity contribution < 1.29 is 4.39 Å². The van der Waals surface area contributed by atoms with Crippen LogP contribution in [0.1, 0.15) is 16.7 Å². The molecule has 0 atom stereocenters. The number of fused-ring (bicyclic) bond motifs is 1. The third kappa shape index (κ3) is 3.22. The van der Waals surface area contributed by atoms with Gasteiger partial charge in [-0.25, -0.2) is 14.5 Å². The van der Waals surface area contributed by atoms with Crippen molar-refractivity contribution in [3.05, 3.63) is 63.6 Å². The maximum atomic E-state index is 13.3. The standard InChI is InChI=1S/C16H13BrFN7/c17-12-4-9(1-2-13(12)18)7-25-8-10(6-20-25)3-11-5-14(19)21-16-15(11)22-24-23-16/h1-2,4-6,8H,3,7H2,(H3,19,21,22,23,24). The zero-order valence-corrected chi connectivity index (χ0v) is 14.5. The van der Waals surface area contributed by atoms with Gasteiger partial charge in [-0.1, -0.05) is 11.3 Å². The van der Waals surface area contributed by atoms with Gasteiger partial charge in [-0.05, 0) is 50.8 Å². The minimum Gasteiger partial charge on any atom is -0.384 e. The Morgan fingerprint density at radius 3 is 2.96 bits per heavy atom. The lowest BCUT2D eigenvalue weighted by Crippen LogP contribution is -2.00. The van der Waals surface area contributed by atoms with Gasteiger partial charge >= 0.3 is 0 Å². The quantitative estimate of drug-likeness (QED) is 0.547. The van der Waals surface area contributed by atoms with Crippen LogP contribution in [0, 0.1) is 5.82 Å². The van der Waals surface area contributed by atoms with E-state index in [1.165, 1.54) is 6.07 Å². The van der Waals surface area contributed by atoms with Crippen LogP contribution in [0.25, 0.3) is 11.2 Å². The van der Waals surface area contributed by atoms with Crippen molar-refractivity contribution in [3.8, 4) is 0 Å². The molecule has 4 rings (SSSR count). The molecule has 3 N–H and O–H groups in total. The van der Waals surface area contributed by atoms with Crippen LogP contribution >= 0.6 is 15.9 Å². The van der Waals surface area contributed by atoms with Gasteiger partial charge in [0.15, 0.2) is 5.65 Å². The largest absolute Gasteiger partial charge is 0.384 e. The minimum atomic E-state index is -0.281. The lowest BCUT2D eigenvalue weighted by atomic mass is 10.1. The fourth-order valence-corrected chi connectivity index (χ4v) is 3.12. The summed E-state index contributed by atoms with van der Waals surface area (Å²) < 4.78 is 15.6. The molecule has 0 saturated carbocycles. The van der Waals surface area contributed by atoms with Crippen molar-refractivity contribution in [1.82, 2.24) is 30.2 Å². The molecule has 0 amide bonds. The predicted octanol–water partition coefficient (Wildman–Crippen LogP) is 2.67. The summed E-state index contributed by atoms with van der Waals surface area (Å²) in [5.41, 5.74) is 9.99. The molecule has 4 aromatic rings. The summed E-state index contributed by atoms with van der Waals surface area (Å²) in [5, 5.41) is 14.9. The molecule has 0 aliphatic heterocycles. The molecular weight excluding hydrogens is 389 g/mol. The number of nitrogens with two attached hydrogens (primary N) is 1. The number of halogens is 2. The van der Waals surface area contributed by atoms with Crippen molar-refractivity contribution in [1.29, 1.82) is 0 Å². The average Bonchev–Trinajstić information content (AvgIpc) is 3.20. The summed E-state index contributed by atoms with van der Waals surface area (Å²) in [5.74, 6) is 0.133. The van der Waals surface area contributed by atoms with Gasteiger partial charge in [0.25, 0.3) is 0 Å². The highest BCUT2D eigenvalue weighted by atomic mass is 79.9. The molecule has 126 valence electrons. The maximum Gasteiger partial charge on any atom is 0.178 e. The van der Waals surface area contributed by atoms with Crippen LogP contribution < -0.4 is 5.73 Å². The van der Waals surface area contributed by atoms with Crippen LogP contribution in [0.2, 0.25) is 0 Å². The SMILES string of the molecule is Nc1cc(Cc2cnn(Cc3ccc(F)c(Br)c3)c2)c2nn[nH]c2n1. The summed E-state index contributed by atoms with van der Waals surface area (Å²) in [6.45, 7) is 0.552. The summed E-state index contributed by atoms with van der Waals surface area (Å²) in [6, 6.07) is 6.72. The average molecular weight is 402 g/mol. The molecule has 7 nitrogen and oxygen atoms in total. The van der Waals surface area contributed by atoms with Crippen molar-refractivity contribution in [3.63, 3.8) is 0 Å². The van der Waals surface area contributed by atoms with E-state index in [9.17, 15) is 4.39 Å². The molecule has 0 fully saturated rings. The molecule has 0 radical (unpaired) electrons. The summed E-state index contributed by atoms with van der Waals surface area (Å²) in [4.78, 5) is 4.16. The van der Waals surface area contributed by atoms with E-state index in [-0.39, 0.29) is 5.82 Å². The molecule has 0 aliphatic carbocycles. The molecule has 3 aromatic heterocycles. The zero-order valence-electron chi connectivity index (χ0n) is 12.9. The van der Waals surface area contributed by atoms with E-state index >= 15 is 0 Å². The molecule has 0 unspecified atom stereocenters. The zero-order chi connectivity index (χ0) is 17.4. The Labute approximate surface area is 150 Å². The van der Waals surface area contributed by atoms with Gasteiger partial charge in [-0.3, -0.25) is 4.68 Å². The molecule has 25 heavy (non-hydrogen) atoms. The number of nitrogens with zero attached hydrogens (tertiary/aromatic N) is 5. The van der Waals surface area contributed by atoms with E-state index in [4.69, 9.17) is 5.73 Å². The molecule has 1 aromatic carbocycles. The Morgan fingerprint density at radius 2 is 2.12 bits per heavy atom. The number of pyridine rings is 1. The normalized spacial score (nSPS) is 11.3. The Morgan fingerprint density at radius 1 is 1.24 bits per heavy atom. The van der Waals surface area contributed by atoms with E-state index in [1.54, 1.807) is 29.1 Å². The predicted molar refractivity (Wildman–Crippen MR) is 94.3 cm³/mol. The first-order valence-corrected chi connectivity index (χ1v) is 8.29. The monoisotopic (exact) mass is 401 g/mol. The number of benzene rings is 1. The van der Waals surface area contributed by atoms with E-state index < -0.39 is 0 Å². The lowest BCUT2D eigenvalue weighted by Gasteiger charge is -2.03. The number of nitrogens with one attached hydrogen (secondary N) is 1. The fraction of sp³-hybridized carbons (Fsp3) is 0.125. The number of hydrogen-bond donors (Lipinski definition) is 2. The second-order valence-corrected chi connectivity index (χ2v) is 6.54. The number of nitrogen functional groups attached to an aromatic ring is 1. The van der Waals surface area contributed by atoms with Gasteiger partial charge in [0.1, 0.15) is 17.2 Å². The van der Waals surface area contributed by atoms with Crippen molar-refractivity contribution in [2.24, 2.45) is 0 Å². The first-order valence-electron chi connectivity index (χ1n) is 7.50. The Hall–Kier alpha value is -2.81.